The number of thiazole rings is 1. The first-order valence-corrected chi connectivity index (χ1v) is 7.74. The number of para-hydroxylation sites is 1. The van der Waals surface area contributed by atoms with Crippen LogP contribution in [0, 0.1) is 0 Å². The number of anilines is 2. The van der Waals surface area contributed by atoms with E-state index in [1.165, 1.54) is 16.2 Å². The zero-order valence-electron chi connectivity index (χ0n) is 12.0. The van der Waals surface area contributed by atoms with Crippen molar-refractivity contribution in [2.75, 3.05) is 4.90 Å². The first kappa shape index (κ1) is 14.9. The quantitative estimate of drug-likeness (QED) is 0.745. The fourth-order valence-electron chi connectivity index (χ4n) is 2.25. The number of hydrogen-bond donors (Lipinski definition) is 1. The van der Waals surface area contributed by atoms with Crippen LogP contribution in [0.2, 0.25) is 0 Å². The average molecular weight is 323 g/mol. The number of amides is 2. The summed E-state index contributed by atoms with van der Waals surface area (Å²) in [6.45, 7) is 0. The Morgan fingerprint density at radius 2 is 1.70 bits per heavy atom. The summed E-state index contributed by atoms with van der Waals surface area (Å²) >= 11 is 1.27. The zero-order valence-corrected chi connectivity index (χ0v) is 12.9. The molecule has 0 fully saturated rings. The predicted octanol–water partition coefficient (Wildman–Crippen LogP) is 3.59. The van der Waals surface area contributed by atoms with Gasteiger partial charge in [-0.05, 0) is 12.1 Å². The van der Waals surface area contributed by atoms with Crippen molar-refractivity contribution < 1.29 is 9.59 Å². The maximum Gasteiger partial charge on any atom is 0.325 e. The minimum atomic E-state index is -0.687. The highest BCUT2D eigenvalue weighted by atomic mass is 32.1. The third kappa shape index (κ3) is 2.97. The van der Waals surface area contributed by atoms with Crippen molar-refractivity contribution >= 4 is 34.0 Å². The highest BCUT2D eigenvalue weighted by molar-refractivity contribution is 7.13. The predicted molar refractivity (Wildman–Crippen MR) is 90.2 cm³/mol. The molecule has 0 aliphatic rings. The van der Waals surface area contributed by atoms with Gasteiger partial charge in [-0.3, -0.25) is 4.79 Å². The normalized spacial score (nSPS) is 10.3. The molecule has 3 aromatic rings. The number of nitrogens with two attached hydrogens (primary N) is 1. The SMILES string of the molecule is NC(=O)N(c1nccs1)c1ccccc1C(=O)c1ccccc1. The molecule has 0 radical (unpaired) electrons. The second kappa shape index (κ2) is 6.41. The maximum absolute atomic E-state index is 12.8. The van der Waals surface area contributed by atoms with Crippen molar-refractivity contribution in [2.45, 2.75) is 0 Å². The Kier molecular flexibility index (Phi) is 4.16. The van der Waals surface area contributed by atoms with Crippen molar-refractivity contribution in [2.24, 2.45) is 5.73 Å². The Hall–Kier alpha value is -2.99. The molecule has 1 heterocycles. The highest BCUT2D eigenvalue weighted by Crippen LogP contribution is 2.31. The van der Waals surface area contributed by atoms with Crippen LogP contribution in [-0.4, -0.2) is 16.8 Å². The Labute approximate surface area is 137 Å². The second-order valence-corrected chi connectivity index (χ2v) is 5.57. The molecule has 0 aliphatic heterocycles. The van der Waals surface area contributed by atoms with Crippen LogP contribution in [0.4, 0.5) is 15.6 Å². The van der Waals surface area contributed by atoms with Crippen LogP contribution in [0.1, 0.15) is 15.9 Å². The standard InChI is InChI=1S/C17H13N3O2S/c18-16(22)20(17-19-10-11-23-17)14-9-5-4-8-13(14)15(21)12-6-2-1-3-7-12/h1-11H,(H2,18,22). The topological polar surface area (TPSA) is 76.3 Å². The molecule has 6 heteroatoms. The van der Waals surface area contributed by atoms with Crippen molar-refractivity contribution in [3.05, 3.63) is 77.3 Å². The lowest BCUT2D eigenvalue weighted by molar-refractivity contribution is 0.103. The molecule has 2 N–H and O–H groups in total. The molecular formula is C17H13N3O2S. The molecule has 0 bridgehead atoms. The van der Waals surface area contributed by atoms with Crippen LogP contribution < -0.4 is 10.6 Å². The van der Waals surface area contributed by atoms with Gasteiger partial charge in [0.25, 0.3) is 0 Å². The van der Waals surface area contributed by atoms with E-state index < -0.39 is 6.03 Å². The number of benzene rings is 2. The Balaban J connectivity index is 2.10. The van der Waals surface area contributed by atoms with Gasteiger partial charge < -0.3 is 5.73 Å². The molecule has 0 aliphatic carbocycles. The summed E-state index contributed by atoms with van der Waals surface area (Å²) in [4.78, 5) is 30.1. The van der Waals surface area contributed by atoms with Crippen LogP contribution >= 0.6 is 11.3 Å². The number of aromatic nitrogens is 1. The Morgan fingerprint density at radius 3 is 2.35 bits per heavy atom. The summed E-state index contributed by atoms with van der Waals surface area (Å²) in [5, 5.41) is 2.17. The number of hydrogen-bond acceptors (Lipinski definition) is 4. The lowest BCUT2D eigenvalue weighted by Crippen LogP contribution is -2.32. The first-order chi connectivity index (χ1) is 11.2. The van der Waals surface area contributed by atoms with Crippen molar-refractivity contribution in [3.63, 3.8) is 0 Å². The molecule has 2 aromatic carbocycles. The highest BCUT2D eigenvalue weighted by Gasteiger charge is 2.23. The summed E-state index contributed by atoms with van der Waals surface area (Å²) in [5.41, 5.74) is 6.87. The van der Waals surface area contributed by atoms with E-state index in [-0.39, 0.29) is 5.78 Å². The molecule has 23 heavy (non-hydrogen) atoms. The van der Waals surface area contributed by atoms with Gasteiger partial charge in [-0.2, -0.15) is 0 Å². The third-order valence-electron chi connectivity index (χ3n) is 3.26. The van der Waals surface area contributed by atoms with Gasteiger partial charge in [-0.25, -0.2) is 14.7 Å². The molecule has 0 atom stereocenters. The van der Waals surface area contributed by atoms with Crippen molar-refractivity contribution in [1.29, 1.82) is 0 Å². The molecule has 0 saturated heterocycles. The van der Waals surface area contributed by atoms with E-state index in [0.717, 1.165) is 0 Å². The molecule has 114 valence electrons. The minimum Gasteiger partial charge on any atom is -0.351 e. The lowest BCUT2D eigenvalue weighted by atomic mass is 10.0. The second-order valence-electron chi connectivity index (χ2n) is 4.70. The molecule has 1 aromatic heterocycles. The smallest absolute Gasteiger partial charge is 0.325 e. The van der Waals surface area contributed by atoms with Gasteiger partial charge in [0.2, 0.25) is 0 Å². The number of rotatable bonds is 4. The number of urea groups is 1. The number of primary amides is 1. The van der Waals surface area contributed by atoms with Gasteiger partial charge in [0.1, 0.15) is 0 Å². The molecule has 3 rings (SSSR count). The number of ketones is 1. The Morgan fingerprint density at radius 1 is 1.00 bits per heavy atom. The molecule has 2 amide bonds. The summed E-state index contributed by atoms with van der Waals surface area (Å²) < 4.78 is 0. The van der Waals surface area contributed by atoms with Gasteiger partial charge >= 0.3 is 6.03 Å². The molecule has 0 unspecified atom stereocenters. The summed E-state index contributed by atoms with van der Waals surface area (Å²) in [7, 11) is 0. The molecule has 5 nitrogen and oxygen atoms in total. The van der Waals surface area contributed by atoms with E-state index in [4.69, 9.17) is 5.73 Å². The number of nitrogens with zero attached hydrogens (tertiary/aromatic N) is 2. The van der Waals surface area contributed by atoms with Gasteiger partial charge in [-0.15, -0.1) is 11.3 Å². The van der Waals surface area contributed by atoms with Gasteiger partial charge in [0.15, 0.2) is 10.9 Å². The fourth-order valence-corrected chi connectivity index (χ4v) is 2.91. The van der Waals surface area contributed by atoms with Crippen LogP contribution in [0.5, 0.6) is 0 Å². The van der Waals surface area contributed by atoms with E-state index in [1.54, 1.807) is 60.1 Å². The molecule has 0 saturated carbocycles. The van der Waals surface area contributed by atoms with Gasteiger partial charge in [-0.1, -0.05) is 42.5 Å². The van der Waals surface area contributed by atoms with Gasteiger partial charge in [0, 0.05) is 22.7 Å². The molecule has 0 spiro atoms. The van der Waals surface area contributed by atoms with E-state index in [0.29, 0.717) is 21.9 Å². The van der Waals surface area contributed by atoms with Gasteiger partial charge in [0.05, 0.1) is 5.69 Å². The maximum atomic E-state index is 12.8. The zero-order chi connectivity index (χ0) is 16.2. The summed E-state index contributed by atoms with van der Waals surface area (Å²) in [6, 6.07) is 15.1. The van der Waals surface area contributed by atoms with E-state index in [1.807, 2.05) is 6.07 Å². The third-order valence-corrected chi connectivity index (χ3v) is 4.01. The minimum absolute atomic E-state index is 0.177. The van der Waals surface area contributed by atoms with E-state index in [9.17, 15) is 9.59 Å². The summed E-state index contributed by atoms with van der Waals surface area (Å²) in [5.74, 6) is -0.177. The van der Waals surface area contributed by atoms with E-state index in [2.05, 4.69) is 4.98 Å². The van der Waals surface area contributed by atoms with Crippen LogP contribution in [-0.2, 0) is 0 Å². The first-order valence-electron chi connectivity index (χ1n) is 6.86. The van der Waals surface area contributed by atoms with Crippen LogP contribution in [0.15, 0.2) is 66.2 Å². The van der Waals surface area contributed by atoms with Crippen molar-refractivity contribution in [1.82, 2.24) is 4.98 Å². The Bertz CT molecular complexity index is 832. The monoisotopic (exact) mass is 323 g/mol. The molecular weight excluding hydrogens is 310 g/mol. The average Bonchev–Trinajstić information content (AvgIpc) is 3.09. The summed E-state index contributed by atoms with van der Waals surface area (Å²) in [6.07, 6.45) is 1.58. The van der Waals surface area contributed by atoms with Crippen LogP contribution in [0.25, 0.3) is 0 Å². The largest absolute Gasteiger partial charge is 0.351 e. The van der Waals surface area contributed by atoms with Crippen molar-refractivity contribution in [3.8, 4) is 0 Å². The van der Waals surface area contributed by atoms with E-state index >= 15 is 0 Å². The number of carbonyl (C=O) groups is 2. The lowest BCUT2D eigenvalue weighted by Gasteiger charge is -2.20. The number of carbonyl (C=O) groups excluding carboxylic acids is 2. The fraction of sp³-hybridized carbons (Fsp3) is 0. The van der Waals surface area contributed by atoms with Crippen LogP contribution in [0.3, 0.4) is 0 Å².